The van der Waals surface area contributed by atoms with E-state index in [0.29, 0.717) is 13.2 Å². The quantitative estimate of drug-likeness (QED) is 0.136. The number of benzene rings is 1. The van der Waals surface area contributed by atoms with Gasteiger partial charge in [0.1, 0.15) is 31.6 Å². The summed E-state index contributed by atoms with van der Waals surface area (Å²) in [5, 5.41) is 0. The van der Waals surface area contributed by atoms with Gasteiger partial charge in [-0.15, -0.1) is 0 Å². The Labute approximate surface area is 216 Å². The van der Waals surface area contributed by atoms with Crippen molar-refractivity contribution in [2.45, 2.75) is 96.5 Å². The lowest BCUT2D eigenvalue weighted by Crippen LogP contribution is -3.06. The predicted molar refractivity (Wildman–Crippen MR) is 146 cm³/mol. The standard InChI is InChI=1S/C28H52NO5P/c1-5-6-7-8-9-10-11-12-13-14-15-16-19-26-20-17-18-21-28(26)32-24-27(31-4)25-34-35(30)33-23-22-29(2)3/h17-18,20-21,27,30H,5-16,19,22-25H2,1-4H3/p+1. The number of quaternary nitrogens is 1. The minimum Gasteiger partial charge on any atom is -0.491 e. The third kappa shape index (κ3) is 18.2. The number of methoxy groups -OCH3 is 1. The molecule has 2 N–H and O–H groups in total. The predicted octanol–water partition coefficient (Wildman–Crippen LogP) is 5.72. The van der Waals surface area contributed by atoms with Gasteiger partial charge in [-0.05, 0) is 24.5 Å². The Morgan fingerprint density at radius 1 is 0.829 bits per heavy atom. The van der Waals surface area contributed by atoms with Crippen LogP contribution in [0.15, 0.2) is 24.3 Å². The molecule has 2 atom stereocenters. The van der Waals surface area contributed by atoms with Crippen LogP contribution in [0.25, 0.3) is 0 Å². The fraction of sp³-hybridized carbons (Fsp3) is 0.786. The molecular weight excluding hydrogens is 461 g/mol. The third-order valence-electron chi connectivity index (χ3n) is 6.20. The summed E-state index contributed by atoms with van der Waals surface area (Å²) in [5.74, 6) is 0.911. The molecule has 1 aromatic carbocycles. The molecule has 0 aromatic heterocycles. The van der Waals surface area contributed by atoms with Gasteiger partial charge in [0.2, 0.25) is 0 Å². The Bertz CT molecular complexity index is 604. The summed E-state index contributed by atoms with van der Waals surface area (Å²) < 4.78 is 22.3. The second kappa shape index (κ2) is 22.4. The number of hydrogen-bond donors (Lipinski definition) is 2. The Morgan fingerprint density at radius 3 is 2.03 bits per heavy atom. The maximum atomic E-state index is 9.89. The lowest BCUT2D eigenvalue weighted by Gasteiger charge is -2.19. The normalized spacial score (nSPS) is 13.3. The van der Waals surface area contributed by atoms with Gasteiger partial charge in [0, 0.05) is 7.11 Å². The molecule has 6 nitrogen and oxygen atoms in total. The maximum Gasteiger partial charge on any atom is 0.330 e. The Morgan fingerprint density at radius 2 is 1.43 bits per heavy atom. The Hall–Kier alpha value is -0.750. The minimum atomic E-state index is -1.89. The number of aryl methyl sites for hydroxylation is 1. The molecule has 0 aliphatic rings. The topological polar surface area (TPSA) is 61.6 Å². The molecular formula is C28H53NO5P+. The Kier molecular flexibility index (Phi) is 20.7. The van der Waals surface area contributed by atoms with E-state index in [4.69, 9.17) is 18.5 Å². The second-order valence-corrected chi connectivity index (χ2v) is 10.7. The Balaban J connectivity index is 2.19. The van der Waals surface area contributed by atoms with Crippen LogP contribution < -0.4 is 9.64 Å². The zero-order valence-corrected chi connectivity index (χ0v) is 23.8. The number of ether oxygens (including phenoxy) is 2. The van der Waals surface area contributed by atoms with Crippen LogP contribution >= 0.6 is 8.60 Å². The molecule has 0 bridgehead atoms. The van der Waals surface area contributed by atoms with E-state index in [9.17, 15) is 4.89 Å². The highest BCUT2D eigenvalue weighted by molar-refractivity contribution is 7.40. The van der Waals surface area contributed by atoms with Crippen LogP contribution in [-0.2, 0) is 20.2 Å². The number of unbranched alkanes of at least 4 members (excludes halogenated alkanes) is 11. The molecule has 0 spiro atoms. The zero-order valence-electron chi connectivity index (χ0n) is 22.9. The van der Waals surface area contributed by atoms with Gasteiger partial charge in [0.05, 0.1) is 20.7 Å². The van der Waals surface area contributed by atoms with Crippen molar-refractivity contribution in [1.29, 1.82) is 0 Å². The van der Waals surface area contributed by atoms with Crippen LogP contribution in [0.2, 0.25) is 0 Å². The number of rotatable bonds is 24. The van der Waals surface area contributed by atoms with Crippen molar-refractivity contribution >= 4 is 8.60 Å². The molecule has 0 heterocycles. The van der Waals surface area contributed by atoms with E-state index in [2.05, 4.69) is 19.1 Å². The van der Waals surface area contributed by atoms with Crippen molar-refractivity contribution in [2.75, 3.05) is 47.6 Å². The fourth-order valence-corrected chi connectivity index (χ4v) is 4.50. The first-order valence-electron chi connectivity index (χ1n) is 13.8. The number of para-hydroxylation sites is 1. The van der Waals surface area contributed by atoms with Gasteiger partial charge in [-0.2, -0.15) is 0 Å². The van der Waals surface area contributed by atoms with Crippen LogP contribution in [0.5, 0.6) is 5.75 Å². The van der Waals surface area contributed by atoms with E-state index in [0.717, 1.165) is 18.7 Å². The van der Waals surface area contributed by atoms with Gasteiger partial charge >= 0.3 is 8.60 Å². The first-order valence-corrected chi connectivity index (χ1v) is 15.0. The van der Waals surface area contributed by atoms with E-state index in [1.54, 1.807) is 7.11 Å². The zero-order chi connectivity index (χ0) is 25.6. The highest BCUT2D eigenvalue weighted by atomic mass is 31.2. The molecule has 204 valence electrons. The van der Waals surface area contributed by atoms with Gasteiger partial charge < -0.3 is 28.3 Å². The molecule has 0 saturated heterocycles. The largest absolute Gasteiger partial charge is 0.491 e. The summed E-state index contributed by atoms with van der Waals surface area (Å²) in [5.41, 5.74) is 1.24. The smallest absolute Gasteiger partial charge is 0.330 e. The van der Waals surface area contributed by atoms with Gasteiger partial charge in [-0.3, -0.25) is 0 Å². The minimum absolute atomic E-state index is 0.231. The summed E-state index contributed by atoms with van der Waals surface area (Å²) in [7, 11) is 3.82. The van der Waals surface area contributed by atoms with E-state index >= 15 is 0 Å². The van der Waals surface area contributed by atoms with Crippen molar-refractivity contribution in [3.8, 4) is 5.75 Å². The molecule has 0 aliphatic carbocycles. The highest BCUT2D eigenvalue weighted by Crippen LogP contribution is 2.32. The SMILES string of the molecule is CCCCCCCCCCCCCCc1ccccc1OCC(COP(O)OCC[NH+](C)C)OC. The number of nitrogens with one attached hydrogen (secondary N) is 1. The monoisotopic (exact) mass is 514 g/mol. The third-order valence-corrected chi connectivity index (χ3v) is 6.98. The molecule has 0 fully saturated rings. The molecule has 0 aliphatic heterocycles. The summed E-state index contributed by atoms with van der Waals surface area (Å²) in [6, 6.07) is 8.26. The molecule has 0 saturated carbocycles. The molecule has 7 heteroatoms. The van der Waals surface area contributed by atoms with Crippen molar-refractivity contribution < 1.29 is 28.3 Å². The van der Waals surface area contributed by atoms with Crippen LogP contribution in [0.3, 0.4) is 0 Å². The van der Waals surface area contributed by atoms with Gasteiger partial charge in [0.25, 0.3) is 0 Å². The summed E-state index contributed by atoms with van der Waals surface area (Å²) >= 11 is 0. The first-order chi connectivity index (χ1) is 17.1. The summed E-state index contributed by atoms with van der Waals surface area (Å²) in [6.07, 6.45) is 17.1. The molecule has 0 amide bonds. The number of likely N-dealkylation sites (N-methyl/N-ethyl adjacent to an activating group) is 1. The van der Waals surface area contributed by atoms with Gasteiger partial charge in [-0.25, -0.2) is 0 Å². The van der Waals surface area contributed by atoms with E-state index in [-0.39, 0.29) is 12.7 Å². The number of hydrogen-bond acceptors (Lipinski definition) is 5. The molecule has 0 radical (unpaired) electrons. The van der Waals surface area contributed by atoms with E-state index < -0.39 is 8.60 Å². The summed E-state index contributed by atoms with van der Waals surface area (Å²) in [6.45, 7) is 4.16. The molecule has 1 aromatic rings. The summed E-state index contributed by atoms with van der Waals surface area (Å²) in [4.78, 5) is 11.2. The highest BCUT2D eigenvalue weighted by Gasteiger charge is 2.15. The van der Waals surface area contributed by atoms with Crippen molar-refractivity contribution in [1.82, 2.24) is 0 Å². The lowest BCUT2D eigenvalue weighted by molar-refractivity contribution is -0.858. The average Bonchev–Trinajstić information content (AvgIpc) is 2.85. The van der Waals surface area contributed by atoms with E-state index in [1.807, 2.05) is 26.2 Å². The molecule has 2 unspecified atom stereocenters. The van der Waals surface area contributed by atoms with Crippen molar-refractivity contribution in [3.63, 3.8) is 0 Å². The van der Waals surface area contributed by atoms with Crippen LogP contribution in [0.1, 0.15) is 89.5 Å². The van der Waals surface area contributed by atoms with Gasteiger partial charge in [-0.1, -0.05) is 95.8 Å². The van der Waals surface area contributed by atoms with Crippen molar-refractivity contribution in [2.24, 2.45) is 0 Å². The lowest BCUT2D eigenvalue weighted by atomic mass is 10.0. The molecule has 1 rings (SSSR count). The van der Waals surface area contributed by atoms with Crippen LogP contribution in [0.4, 0.5) is 0 Å². The fourth-order valence-electron chi connectivity index (χ4n) is 3.89. The average molecular weight is 515 g/mol. The van der Waals surface area contributed by atoms with Crippen molar-refractivity contribution in [3.05, 3.63) is 29.8 Å². The molecule has 35 heavy (non-hydrogen) atoms. The second-order valence-electron chi connectivity index (χ2n) is 9.74. The van der Waals surface area contributed by atoms with Crippen LogP contribution in [-0.4, -0.2) is 58.6 Å². The van der Waals surface area contributed by atoms with E-state index in [1.165, 1.54) is 87.5 Å². The maximum absolute atomic E-state index is 9.89. The van der Waals surface area contributed by atoms with Crippen LogP contribution in [0, 0.1) is 0 Å². The van der Waals surface area contributed by atoms with Gasteiger partial charge in [0.15, 0.2) is 0 Å². The first kappa shape index (κ1) is 32.3.